The van der Waals surface area contributed by atoms with Gasteiger partial charge in [-0.25, -0.2) is 8.42 Å². The van der Waals surface area contributed by atoms with Gasteiger partial charge in [0, 0.05) is 11.4 Å². The summed E-state index contributed by atoms with van der Waals surface area (Å²) in [6, 6.07) is 14.7. The highest BCUT2D eigenvalue weighted by molar-refractivity contribution is 7.92. The quantitative estimate of drug-likeness (QED) is 0.766. The van der Waals surface area contributed by atoms with Gasteiger partial charge in [0.05, 0.1) is 10.9 Å². The standard InChI is InChI=1S/C18H21N3O3S/c22-18(17-11-4-5-12-19-17)20-15-9-6-10-16(13-15)25(23,24)21-14-7-2-1-3-8-14/h1-3,6-10,13,17,19,21H,4-5,11-12H2,(H,20,22). The summed E-state index contributed by atoms with van der Waals surface area (Å²) in [6.07, 6.45) is 2.88. The van der Waals surface area contributed by atoms with Gasteiger partial charge >= 0.3 is 0 Å². The van der Waals surface area contributed by atoms with Gasteiger partial charge in [0.2, 0.25) is 5.91 Å². The van der Waals surface area contributed by atoms with Crippen LogP contribution in [-0.4, -0.2) is 26.9 Å². The van der Waals surface area contributed by atoms with E-state index in [1.807, 2.05) is 6.07 Å². The summed E-state index contributed by atoms with van der Waals surface area (Å²) in [6.45, 7) is 0.827. The van der Waals surface area contributed by atoms with Crippen LogP contribution < -0.4 is 15.4 Å². The monoisotopic (exact) mass is 359 g/mol. The first kappa shape index (κ1) is 17.4. The van der Waals surface area contributed by atoms with Crippen molar-refractivity contribution in [2.45, 2.75) is 30.2 Å². The van der Waals surface area contributed by atoms with Crippen molar-refractivity contribution in [1.82, 2.24) is 5.32 Å². The number of carbonyl (C=O) groups excluding carboxylic acids is 1. The maximum absolute atomic E-state index is 12.5. The molecule has 1 atom stereocenters. The average molecular weight is 359 g/mol. The van der Waals surface area contributed by atoms with Crippen LogP contribution in [0, 0.1) is 0 Å². The molecule has 0 aliphatic carbocycles. The Balaban J connectivity index is 1.73. The molecule has 132 valence electrons. The fourth-order valence-electron chi connectivity index (χ4n) is 2.77. The molecular weight excluding hydrogens is 338 g/mol. The highest BCUT2D eigenvalue weighted by Crippen LogP contribution is 2.20. The first-order chi connectivity index (χ1) is 12.0. The molecule has 1 heterocycles. The molecule has 0 saturated carbocycles. The molecule has 7 heteroatoms. The molecule has 3 rings (SSSR count). The highest BCUT2D eigenvalue weighted by atomic mass is 32.2. The lowest BCUT2D eigenvalue weighted by atomic mass is 10.0. The maximum atomic E-state index is 12.5. The molecule has 1 unspecified atom stereocenters. The Morgan fingerprint density at radius 1 is 1.00 bits per heavy atom. The van der Waals surface area contributed by atoms with E-state index in [1.165, 1.54) is 12.1 Å². The third-order valence-electron chi connectivity index (χ3n) is 4.06. The van der Waals surface area contributed by atoms with E-state index in [4.69, 9.17) is 0 Å². The molecule has 0 aromatic heterocycles. The fourth-order valence-corrected chi connectivity index (χ4v) is 3.87. The van der Waals surface area contributed by atoms with E-state index >= 15 is 0 Å². The van der Waals surface area contributed by atoms with E-state index in [2.05, 4.69) is 15.4 Å². The van der Waals surface area contributed by atoms with Gasteiger partial charge < -0.3 is 10.6 Å². The summed E-state index contributed by atoms with van der Waals surface area (Å²) in [5.74, 6) is -0.134. The molecule has 0 radical (unpaired) electrons. The zero-order chi connectivity index (χ0) is 17.7. The van der Waals surface area contributed by atoms with Crippen LogP contribution in [0.5, 0.6) is 0 Å². The van der Waals surface area contributed by atoms with E-state index < -0.39 is 10.0 Å². The summed E-state index contributed by atoms with van der Waals surface area (Å²) in [4.78, 5) is 12.4. The maximum Gasteiger partial charge on any atom is 0.261 e. The number of carbonyl (C=O) groups is 1. The van der Waals surface area contributed by atoms with Crippen molar-refractivity contribution >= 4 is 27.3 Å². The molecule has 1 aliphatic heterocycles. The number of nitrogens with one attached hydrogen (secondary N) is 3. The Labute approximate surface area is 147 Å². The normalized spacial score (nSPS) is 17.7. The minimum absolute atomic E-state index is 0.103. The summed E-state index contributed by atoms with van der Waals surface area (Å²) in [7, 11) is -3.71. The molecule has 0 bridgehead atoms. The zero-order valence-corrected chi connectivity index (χ0v) is 14.6. The molecule has 6 nitrogen and oxygen atoms in total. The summed E-state index contributed by atoms with van der Waals surface area (Å²) in [5.41, 5.74) is 0.955. The van der Waals surface area contributed by atoms with E-state index in [1.54, 1.807) is 36.4 Å². The third kappa shape index (κ3) is 4.58. The van der Waals surface area contributed by atoms with Gasteiger partial charge in [-0.05, 0) is 49.7 Å². The largest absolute Gasteiger partial charge is 0.325 e. The Morgan fingerprint density at radius 3 is 2.48 bits per heavy atom. The van der Waals surface area contributed by atoms with E-state index in [-0.39, 0.29) is 16.8 Å². The number of rotatable bonds is 5. The second kappa shape index (κ2) is 7.67. The minimum atomic E-state index is -3.71. The van der Waals surface area contributed by atoms with Crippen LogP contribution >= 0.6 is 0 Å². The number of para-hydroxylation sites is 1. The third-order valence-corrected chi connectivity index (χ3v) is 5.44. The number of hydrogen-bond acceptors (Lipinski definition) is 4. The van der Waals surface area contributed by atoms with Crippen molar-refractivity contribution < 1.29 is 13.2 Å². The molecular formula is C18H21N3O3S. The van der Waals surface area contributed by atoms with Crippen molar-refractivity contribution in [3.63, 3.8) is 0 Å². The zero-order valence-electron chi connectivity index (χ0n) is 13.7. The first-order valence-electron chi connectivity index (χ1n) is 8.27. The van der Waals surface area contributed by atoms with Gasteiger partial charge in [-0.2, -0.15) is 0 Å². The van der Waals surface area contributed by atoms with Crippen LogP contribution in [-0.2, 0) is 14.8 Å². The number of amides is 1. The lowest BCUT2D eigenvalue weighted by Gasteiger charge is -2.22. The van der Waals surface area contributed by atoms with Crippen molar-refractivity contribution in [2.24, 2.45) is 0 Å². The van der Waals surface area contributed by atoms with Crippen LogP contribution in [0.1, 0.15) is 19.3 Å². The summed E-state index contributed by atoms with van der Waals surface area (Å²) in [5, 5.41) is 5.97. The van der Waals surface area contributed by atoms with Gasteiger partial charge in [-0.15, -0.1) is 0 Å². The van der Waals surface area contributed by atoms with E-state index in [0.29, 0.717) is 11.4 Å². The molecule has 1 amide bonds. The Morgan fingerprint density at radius 2 is 1.76 bits per heavy atom. The SMILES string of the molecule is O=C(Nc1cccc(S(=O)(=O)Nc2ccccc2)c1)C1CCCCN1. The number of anilines is 2. The van der Waals surface area contributed by atoms with Crippen molar-refractivity contribution in [2.75, 3.05) is 16.6 Å². The van der Waals surface area contributed by atoms with Gasteiger partial charge in [-0.1, -0.05) is 30.7 Å². The highest BCUT2D eigenvalue weighted by Gasteiger charge is 2.21. The molecule has 25 heavy (non-hydrogen) atoms. The van der Waals surface area contributed by atoms with E-state index in [9.17, 15) is 13.2 Å². The lowest BCUT2D eigenvalue weighted by molar-refractivity contribution is -0.118. The first-order valence-corrected chi connectivity index (χ1v) is 9.75. The molecule has 0 spiro atoms. The molecule has 3 N–H and O–H groups in total. The second-order valence-corrected chi connectivity index (χ2v) is 7.67. The van der Waals surface area contributed by atoms with Gasteiger partial charge in [0.25, 0.3) is 10.0 Å². The van der Waals surface area contributed by atoms with Gasteiger partial charge in [-0.3, -0.25) is 9.52 Å². The molecule has 2 aromatic carbocycles. The summed E-state index contributed by atoms with van der Waals surface area (Å²) >= 11 is 0. The number of hydrogen-bond donors (Lipinski definition) is 3. The minimum Gasteiger partial charge on any atom is -0.325 e. The van der Waals surface area contributed by atoms with Crippen molar-refractivity contribution in [3.8, 4) is 0 Å². The summed E-state index contributed by atoms with van der Waals surface area (Å²) < 4.78 is 27.5. The van der Waals surface area contributed by atoms with Gasteiger partial charge in [0.1, 0.15) is 0 Å². The topological polar surface area (TPSA) is 87.3 Å². The molecule has 1 saturated heterocycles. The number of benzene rings is 2. The lowest BCUT2D eigenvalue weighted by Crippen LogP contribution is -2.43. The Kier molecular flexibility index (Phi) is 5.35. The second-order valence-electron chi connectivity index (χ2n) is 5.99. The average Bonchev–Trinajstić information content (AvgIpc) is 2.63. The van der Waals surface area contributed by atoms with Crippen LogP contribution in [0.15, 0.2) is 59.5 Å². The van der Waals surface area contributed by atoms with E-state index in [0.717, 1.165) is 25.8 Å². The van der Waals surface area contributed by atoms with Crippen LogP contribution in [0.3, 0.4) is 0 Å². The smallest absolute Gasteiger partial charge is 0.261 e. The van der Waals surface area contributed by atoms with Crippen LogP contribution in [0.25, 0.3) is 0 Å². The Bertz CT molecular complexity index is 832. The fraction of sp³-hybridized carbons (Fsp3) is 0.278. The predicted octanol–water partition coefficient (Wildman–Crippen LogP) is 2.57. The molecule has 1 aliphatic rings. The van der Waals surface area contributed by atoms with Crippen molar-refractivity contribution in [3.05, 3.63) is 54.6 Å². The number of piperidine rings is 1. The predicted molar refractivity (Wildman–Crippen MR) is 98.0 cm³/mol. The molecule has 1 fully saturated rings. The Hall–Kier alpha value is -2.38. The molecule has 2 aromatic rings. The van der Waals surface area contributed by atoms with Crippen LogP contribution in [0.4, 0.5) is 11.4 Å². The van der Waals surface area contributed by atoms with Crippen molar-refractivity contribution in [1.29, 1.82) is 0 Å². The number of sulfonamides is 1. The van der Waals surface area contributed by atoms with Gasteiger partial charge in [0.15, 0.2) is 0 Å². The van der Waals surface area contributed by atoms with Crippen LogP contribution in [0.2, 0.25) is 0 Å².